The molecule has 0 radical (unpaired) electrons. The van der Waals surface area contributed by atoms with Gasteiger partial charge in [0.1, 0.15) is 17.7 Å². The smallest absolute Gasteiger partial charge is 0.273 e. The number of hydrogen-bond acceptors (Lipinski definition) is 5. The van der Waals surface area contributed by atoms with Crippen LogP contribution in [0, 0.1) is 6.92 Å². The second kappa shape index (κ2) is 5.62. The summed E-state index contributed by atoms with van der Waals surface area (Å²) in [5, 5.41) is 6.51. The first kappa shape index (κ1) is 13.1. The molecule has 0 saturated heterocycles. The number of benzene rings is 1. The van der Waals surface area contributed by atoms with Gasteiger partial charge in [0.05, 0.1) is 6.54 Å². The third kappa shape index (κ3) is 3.00. The molecule has 2 heterocycles. The van der Waals surface area contributed by atoms with E-state index in [1.807, 2.05) is 30.3 Å². The molecule has 0 aliphatic heterocycles. The maximum absolute atomic E-state index is 12.0. The Labute approximate surface area is 120 Å². The van der Waals surface area contributed by atoms with Crippen LogP contribution in [0.5, 0.6) is 0 Å². The molecule has 6 nitrogen and oxygen atoms in total. The zero-order chi connectivity index (χ0) is 14.7. The lowest BCUT2D eigenvalue weighted by molar-refractivity contribution is 0.0945. The van der Waals surface area contributed by atoms with E-state index in [9.17, 15) is 4.79 Å². The van der Waals surface area contributed by atoms with Crippen LogP contribution in [0.1, 0.15) is 21.9 Å². The van der Waals surface area contributed by atoms with Gasteiger partial charge in [0.2, 0.25) is 5.89 Å². The number of rotatable bonds is 4. The number of nitrogens with one attached hydrogen (secondary N) is 1. The van der Waals surface area contributed by atoms with E-state index >= 15 is 0 Å². The molecule has 0 fully saturated rings. The fraction of sp³-hybridized carbons (Fsp3) is 0.133. The molecular formula is C15H13N3O3. The number of hydrogen-bond donors (Lipinski definition) is 1. The minimum atomic E-state index is -0.318. The molecule has 0 unspecified atom stereocenters. The summed E-state index contributed by atoms with van der Waals surface area (Å²) >= 11 is 0. The Hall–Kier alpha value is -2.89. The molecule has 6 heteroatoms. The molecule has 3 aromatic rings. The van der Waals surface area contributed by atoms with Crippen LogP contribution < -0.4 is 5.32 Å². The van der Waals surface area contributed by atoms with E-state index in [4.69, 9.17) is 8.94 Å². The molecule has 2 aromatic heterocycles. The highest BCUT2D eigenvalue weighted by atomic mass is 16.5. The summed E-state index contributed by atoms with van der Waals surface area (Å²) in [4.78, 5) is 16.2. The van der Waals surface area contributed by atoms with Crippen LogP contribution in [-0.4, -0.2) is 16.0 Å². The Kier molecular flexibility index (Phi) is 3.51. The molecule has 0 bridgehead atoms. The lowest BCUT2D eigenvalue weighted by Gasteiger charge is -1.98. The fourth-order valence-corrected chi connectivity index (χ4v) is 1.85. The topological polar surface area (TPSA) is 81.2 Å². The first-order valence-electron chi connectivity index (χ1n) is 6.44. The number of nitrogens with zero attached hydrogens (tertiary/aromatic N) is 2. The van der Waals surface area contributed by atoms with E-state index in [-0.39, 0.29) is 18.1 Å². The summed E-state index contributed by atoms with van der Waals surface area (Å²) in [7, 11) is 0. The van der Waals surface area contributed by atoms with Crippen molar-refractivity contribution in [3.63, 3.8) is 0 Å². The molecule has 0 aliphatic rings. The van der Waals surface area contributed by atoms with Crippen molar-refractivity contribution in [2.24, 2.45) is 0 Å². The van der Waals surface area contributed by atoms with Gasteiger partial charge in [-0.25, -0.2) is 4.98 Å². The summed E-state index contributed by atoms with van der Waals surface area (Å²) in [5.41, 5.74) is 1.71. The second-order valence-corrected chi connectivity index (χ2v) is 4.52. The predicted octanol–water partition coefficient (Wildman–Crippen LogP) is 2.57. The number of aryl methyl sites for hydroxylation is 1. The molecule has 106 valence electrons. The van der Waals surface area contributed by atoms with Crippen molar-refractivity contribution in [2.45, 2.75) is 13.5 Å². The van der Waals surface area contributed by atoms with Gasteiger partial charge >= 0.3 is 0 Å². The monoisotopic (exact) mass is 283 g/mol. The standard InChI is InChI=1S/C15H13N3O3/c1-10-7-12(18-21-10)8-16-14(19)13-9-20-15(17-13)11-5-3-2-4-6-11/h2-7,9H,8H2,1H3,(H,16,19). The van der Waals surface area contributed by atoms with Gasteiger partial charge in [-0.05, 0) is 19.1 Å². The molecule has 1 aromatic carbocycles. The van der Waals surface area contributed by atoms with Crippen LogP contribution in [0.3, 0.4) is 0 Å². The van der Waals surface area contributed by atoms with E-state index in [0.29, 0.717) is 17.3 Å². The van der Waals surface area contributed by atoms with E-state index in [2.05, 4.69) is 15.5 Å². The van der Waals surface area contributed by atoms with Gasteiger partial charge in [-0.1, -0.05) is 23.4 Å². The molecule has 1 N–H and O–H groups in total. The zero-order valence-corrected chi connectivity index (χ0v) is 11.4. The number of aromatic nitrogens is 2. The second-order valence-electron chi connectivity index (χ2n) is 4.52. The molecule has 1 amide bonds. The van der Waals surface area contributed by atoms with E-state index in [0.717, 1.165) is 5.56 Å². The number of oxazole rings is 1. The van der Waals surface area contributed by atoms with Crippen LogP contribution in [-0.2, 0) is 6.54 Å². The quantitative estimate of drug-likeness (QED) is 0.795. The minimum Gasteiger partial charge on any atom is -0.444 e. The third-order valence-electron chi connectivity index (χ3n) is 2.86. The van der Waals surface area contributed by atoms with Gasteiger partial charge in [-0.3, -0.25) is 4.79 Å². The average Bonchev–Trinajstić information content (AvgIpc) is 3.15. The van der Waals surface area contributed by atoms with Gasteiger partial charge in [0, 0.05) is 11.6 Å². The minimum absolute atomic E-state index is 0.231. The van der Waals surface area contributed by atoms with Crippen molar-refractivity contribution in [1.29, 1.82) is 0 Å². The molecule has 0 atom stereocenters. The third-order valence-corrected chi connectivity index (χ3v) is 2.86. The SMILES string of the molecule is Cc1cc(CNC(=O)c2coc(-c3ccccc3)n2)no1. The van der Waals surface area contributed by atoms with Crippen LogP contribution in [0.15, 0.2) is 51.6 Å². The summed E-state index contributed by atoms with van der Waals surface area (Å²) in [5.74, 6) is 0.798. The first-order valence-corrected chi connectivity index (χ1v) is 6.44. The van der Waals surface area contributed by atoms with Crippen molar-refractivity contribution in [1.82, 2.24) is 15.5 Å². The van der Waals surface area contributed by atoms with Gasteiger partial charge in [0.25, 0.3) is 5.91 Å². The van der Waals surface area contributed by atoms with Crippen LogP contribution in [0.25, 0.3) is 11.5 Å². The Morgan fingerprint density at radius 1 is 1.29 bits per heavy atom. The normalized spacial score (nSPS) is 10.5. The van der Waals surface area contributed by atoms with Gasteiger partial charge in [0.15, 0.2) is 5.69 Å². The molecule has 21 heavy (non-hydrogen) atoms. The number of carbonyl (C=O) groups is 1. The maximum Gasteiger partial charge on any atom is 0.273 e. The Morgan fingerprint density at radius 2 is 2.10 bits per heavy atom. The highest BCUT2D eigenvalue weighted by molar-refractivity contribution is 5.92. The molecule has 0 saturated carbocycles. The zero-order valence-electron chi connectivity index (χ0n) is 11.4. The van der Waals surface area contributed by atoms with Crippen LogP contribution in [0.4, 0.5) is 0 Å². The Morgan fingerprint density at radius 3 is 2.81 bits per heavy atom. The van der Waals surface area contributed by atoms with Crippen molar-refractivity contribution < 1.29 is 13.7 Å². The highest BCUT2D eigenvalue weighted by Gasteiger charge is 2.13. The van der Waals surface area contributed by atoms with E-state index < -0.39 is 0 Å². The lowest BCUT2D eigenvalue weighted by atomic mass is 10.2. The van der Waals surface area contributed by atoms with Crippen molar-refractivity contribution in [3.05, 3.63) is 59.8 Å². The van der Waals surface area contributed by atoms with Gasteiger partial charge < -0.3 is 14.3 Å². The molecule has 3 rings (SSSR count). The highest BCUT2D eigenvalue weighted by Crippen LogP contribution is 2.17. The Balaban J connectivity index is 1.67. The first-order chi connectivity index (χ1) is 10.2. The number of carbonyl (C=O) groups excluding carboxylic acids is 1. The van der Waals surface area contributed by atoms with Crippen LogP contribution in [0.2, 0.25) is 0 Å². The predicted molar refractivity (Wildman–Crippen MR) is 74.3 cm³/mol. The van der Waals surface area contributed by atoms with E-state index in [1.54, 1.807) is 13.0 Å². The Bertz CT molecular complexity index is 746. The number of amides is 1. The average molecular weight is 283 g/mol. The lowest BCUT2D eigenvalue weighted by Crippen LogP contribution is -2.23. The summed E-state index contributed by atoms with van der Waals surface area (Å²) in [6.45, 7) is 2.08. The van der Waals surface area contributed by atoms with Gasteiger partial charge in [-0.15, -0.1) is 0 Å². The molecule has 0 spiro atoms. The van der Waals surface area contributed by atoms with E-state index in [1.165, 1.54) is 6.26 Å². The summed E-state index contributed by atoms with van der Waals surface area (Å²) in [6.07, 6.45) is 1.34. The fourth-order valence-electron chi connectivity index (χ4n) is 1.85. The van der Waals surface area contributed by atoms with Crippen molar-refractivity contribution >= 4 is 5.91 Å². The van der Waals surface area contributed by atoms with Crippen molar-refractivity contribution in [2.75, 3.05) is 0 Å². The largest absolute Gasteiger partial charge is 0.444 e. The van der Waals surface area contributed by atoms with Crippen LogP contribution >= 0.6 is 0 Å². The molecule has 0 aliphatic carbocycles. The summed E-state index contributed by atoms with van der Waals surface area (Å²) in [6, 6.07) is 11.2. The maximum atomic E-state index is 12.0. The summed E-state index contributed by atoms with van der Waals surface area (Å²) < 4.78 is 10.3. The van der Waals surface area contributed by atoms with Crippen molar-refractivity contribution in [3.8, 4) is 11.5 Å². The molecular weight excluding hydrogens is 270 g/mol. The van der Waals surface area contributed by atoms with Gasteiger partial charge in [-0.2, -0.15) is 0 Å².